The lowest BCUT2D eigenvalue weighted by Crippen LogP contribution is -2.12. The lowest BCUT2D eigenvalue weighted by molar-refractivity contribution is -0.131. The second-order valence-corrected chi connectivity index (χ2v) is 6.08. The zero-order chi connectivity index (χ0) is 18.7. The Morgan fingerprint density at radius 2 is 1.92 bits per heavy atom. The Bertz CT molecular complexity index is 971. The van der Waals surface area contributed by atoms with E-state index in [4.69, 9.17) is 27.9 Å². The predicted octanol–water partition coefficient (Wildman–Crippen LogP) is 3.82. The van der Waals surface area contributed by atoms with Crippen LogP contribution in [0.1, 0.15) is 28.5 Å². The maximum Gasteiger partial charge on any atom is 0.308 e. The van der Waals surface area contributed by atoms with Crippen LogP contribution in [0.3, 0.4) is 0 Å². The van der Waals surface area contributed by atoms with Gasteiger partial charge in [0.15, 0.2) is 11.5 Å². The first-order valence-electron chi connectivity index (χ1n) is 7.59. The van der Waals surface area contributed by atoms with Crippen LogP contribution in [0.15, 0.2) is 48.7 Å². The molecule has 0 N–H and O–H groups in total. The van der Waals surface area contributed by atoms with E-state index in [1.54, 1.807) is 30.5 Å². The van der Waals surface area contributed by atoms with Gasteiger partial charge in [0.1, 0.15) is 5.69 Å². The number of ketones is 1. The van der Waals surface area contributed by atoms with E-state index >= 15 is 0 Å². The van der Waals surface area contributed by atoms with E-state index in [1.807, 2.05) is 6.07 Å². The van der Waals surface area contributed by atoms with Crippen LogP contribution < -0.4 is 4.74 Å². The summed E-state index contributed by atoms with van der Waals surface area (Å²) in [7, 11) is 0. The number of carbonyl (C=O) groups is 2. The highest BCUT2D eigenvalue weighted by atomic mass is 35.5. The van der Waals surface area contributed by atoms with Crippen molar-refractivity contribution in [3.8, 4) is 11.4 Å². The molecule has 132 valence electrons. The summed E-state index contributed by atoms with van der Waals surface area (Å²) in [5, 5.41) is 8.16. The van der Waals surface area contributed by atoms with Crippen LogP contribution in [-0.2, 0) is 10.7 Å². The highest BCUT2D eigenvalue weighted by Gasteiger charge is 2.22. The predicted molar refractivity (Wildman–Crippen MR) is 97.1 cm³/mol. The van der Waals surface area contributed by atoms with Crippen LogP contribution in [0, 0.1) is 0 Å². The molecular weight excluding hydrogens is 377 g/mol. The van der Waals surface area contributed by atoms with Crippen LogP contribution in [0.4, 0.5) is 0 Å². The molecule has 2 aromatic carbocycles. The van der Waals surface area contributed by atoms with Gasteiger partial charge in [-0.2, -0.15) is 0 Å². The third kappa shape index (κ3) is 3.76. The van der Waals surface area contributed by atoms with Gasteiger partial charge in [0.05, 0.1) is 23.3 Å². The number of carbonyl (C=O) groups excluding carboxylic acids is 2. The van der Waals surface area contributed by atoms with Crippen molar-refractivity contribution < 1.29 is 14.3 Å². The first kappa shape index (κ1) is 18.1. The second kappa shape index (κ2) is 7.68. The number of alkyl halides is 1. The highest BCUT2D eigenvalue weighted by molar-refractivity contribution is 6.31. The average Bonchev–Trinajstić information content (AvgIpc) is 3.09. The van der Waals surface area contributed by atoms with Crippen LogP contribution >= 0.6 is 23.2 Å². The lowest BCUT2D eigenvalue weighted by Gasteiger charge is -2.14. The third-order valence-electron chi connectivity index (χ3n) is 3.48. The number of benzene rings is 2. The van der Waals surface area contributed by atoms with Crippen LogP contribution in [0.25, 0.3) is 5.69 Å². The normalized spacial score (nSPS) is 10.6. The smallest absolute Gasteiger partial charge is 0.308 e. The number of esters is 1. The van der Waals surface area contributed by atoms with Gasteiger partial charge in [0, 0.05) is 23.6 Å². The van der Waals surface area contributed by atoms with Gasteiger partial charge < -0.3 is 4.74 Å². The van der Waals surface area contributed by atoms with Gasteiger partial charge in [-0.1, -0.05) is 47.1 Å². The molecule has 3 aromatic rings. The fourth-order valence-electron chi connectivity index (χ4n) is 2.43. The molecule has 0 fully saturated rings. The Labute approximate surface area is 159 Å². The Morgan fingerprint density at radius 1 is 1.19 bits per heavy atom. The zero-order valence-corrected chi connectivity index (χ0v) is 15.2. The summed E-state index contributed by atoms with van der Waals surface area (Å²) in [6, 6.07) is 11.6. The van der Waals surface area contributed by atoms with Crippen LogP contribution in [0.5, 0.6) is 5.75 Å². The maximum absolute atomic E-state index is 13.0. The highest BCUT2D eigenvalue weighted by Crippen LogP contribution is 2.32. The summed E-state index contributed by atoms with van der Waals surface area (Å²) in [5.74, 6) is -0.586. The van der Waals surface area contributed by atoms with Crippen LogP contribution in [0.2, 0.25) is 5.02 Å². The minimum absolute atomic E-state index is 0.107. The number of hydrogen-bond acceptors (Lipinski definition) is 5. The van der Waals surface area contributed by atoms with Crippen molar-refractivity contribution in [2.45, 2.75) is 12.8 Å². The molecule has 0 aliphatic rings. The molecule has 6 nitrogen and oxygen atoms in total. The summed E-state index contributed by atoms with van der Waals surface area (Å²) >= 11 is 11.9. The summed E-state index contributed by atoms with van der Waals surface area (Å²) < 4.78 is 6.60. The fraction of sp³-hybridized carbons (Fsp3) is 0.111. The van der Waals surface area contributed by atoms with Crippen molar-refractivity contribution in [2.24, 2.45) is 0 Å². The van der Waals surface area contributed by atoms with Crippen molar-refractivity contribution >= 4 is 35.0 Å². The Morgan fingerprint density at radius 3 is 2.54 bits per heavy atom. The van der Waals surface area contributed by atoms with Gasteiger partial charge >= 0.3 is 5.97 Å². The van der Waals surface area contributed by atoms with Crippen molar-refractivity contribution in [3.05, 3.63) is 70.5 Å². The molecule has 0 aliphatic carbocycles. The Kier molecular flexibility index (Phi) is 5.35. The summed E-state index contributed by atoms with van der Waals surface area (Å²) in [6.07, 6.45) is 1.56. The molecule has 0 atom stereocenters. The fourth-order valence-corrected chi connectivity index (χ4v) is 2.76. The maximum atomic E-state index is 13.0. The SMILES string of the molecule is CC(=O)Oc1cc(Cl)cc(C(=O)c2ccccc2)c1-n1cc(CCl)nn1. The molecule has 8 heteroatoms. The second-order valence-electron chi connectivity index (χ2n) is 5.38. The van der Waals surface area contributed by atoms with Gasteiger partial charge in [-0.25, -0.2) is 4.68 Å². The van der Waals surface area contributed by atoms with Gasteiger partial charge in [-0.3, -0.25) is 9.59 Å². The molecule has 0 amide bonds. The van der Waals surface area contributed by atoms with E-state index in [-0.39, 0.29) is 33.7 Å². The van der Waals surface area contributed by atoms with E-state index in [9.17, 15) is 9.59 Å². The Balaban J connectivity index is 2.23. The first-order valence-corrected chi connectivity index (χ1v) is 8.50. The molecule has 0 radical (unpaired) electrons. The monoisotopic (exact) mass is 389 g/mol. The topological polar surface area (TPSA) is 74.1 Å². The van der Waals surface area contributed by atoms with Gasteiger partial charge in [-0.15, -0.1) is 16.7 Å². The number of rotatable bonds is 5. The molecule has 1 heterocycles. The summed E-state index contributed by atoms with van der Waals surface area (Å²) in [6.45, 7) is 1.26. The van der Waals surface area contributed by atoms with Crippen molar-refractivity contribution in [1.29, 1.82) is 0 Å². The number of ether oxygens (including phenoxy) is 1. The van der Waals surface area contributed by atoms with Gasteiger partial charge in [0.25, 0.3) is 0 Å². The van der Waals surface area contributed by atoms with E-state index in [1.165, 1.54) is 23.7 Å². The summed E-state index contributed by atoms with van der Waals surface area (Å²) in [4.78, 5) is 24.5. The summed E-state index contributed by atoms with van der Waals surface area (Å²) in [5.41, 5.74) is 1.46. The standard InChI is InChI=1S/C18H13Cl2N3O3/c1-11(24)26-16-8-13(20)7-15(18(25)12-5-3-2-4-6-12)17(16)23-10-14(9-19)21-22-23/h2-8,10H,9H2,1H3. The molecule has 0 saturated heterocycles. The van der Waals surface area contributed by atoms with E-state index in [2.05, 4.69) is 10.3 Å². The molecule has 3 rings (SSSR count). The number of halogens is 2. The number of hydrogen-bond donors (Lipinski definition) is 0. The van der Waals surface area contributed by atoms with Gasteiger partial charge in [-0.05, 0) is 6.07 Å². The van der Waals surface area contributed by atoms with Crippen molar-refractivity contribution in [1.82, 2.24) is 15.0 Å². The molecule has 0 unspecified atom stereocenters. The van der Waals surface area contributed by atoms with Gasteiger partial charge in [0.2, 0.25) is 0 Å². The molecule has 1 aromatic heterocycles. The Hall–Kier alpha value is -2.70. The first-order chi connectivity index (χ1) is 12.5. The van der Waals surface area contributed by atoms with E-state index < -0.39 is 5.97 Å². The van der Waals surface area contributed by atoms with Crippen molar-refractivity contribution in [2.75, 3.05) is 0 Å². The minimum atomic E-state index is -0.552. The molecule has 0 bridgehead atoms. The number of nitrogens with zero attached hydrogens (tertiary/aromatic N) is 3. The average molecular weight is 390 g/mol. The van der Waals surface area contributed by atoms with E-state index in [0.29, 0.717) is 11.3 Å². The zero-order valence-electron chi connectivity index (χ0n) is 13.6. The van der Waals surface area contributed by atoms with Crippen molar-refractivity contribution in [3.63, 3.8) is 0 Å². The minimum Gasteiger partial charge on any atom is -0.424 e. The lowest BCUT2D eigenvalue weighted by atomic mass is 10.0. The van der Waals surface area contributed by atoms with Crippen LogP contribution in [-0.4, -0.2) is 26.7 Å². The largest absolute Gasteiger partial charge is 0.424 e. The van der Waals surface area contributed by atoms with E-state index in [0.717, 1.165) is 0 Å². The third-order valence-corrected chi connectivity index (χ3v) is 3.97. The quantitative estimate of drug-likeness (QED) is 0.287. The molecular formula is C18H13Cl2N3O3. The molecule has 0 spiro atoms. The molecule has 26 heavy (non-hydrogen) atoms. The molecule has 0 aliphatic heterocycles. The number of aromatic nitrogens is 3. The molecule has 0 saturated carbocycles.